The van der Waals surface area contributed by atoms with E-state index in [0.29, 0.717) is 11.8 Å². The maximum Gasteiger partial charge on any atom is 0.0627 e. The van der Waals surface area contributed by atoms with Crippen molar-refractivity contribution in [2.24, 2.45) is 23.2 Å². The van der Waals surface area contributed by atoms with Gasteiger partial charge >= 0.3 is 0 Å². The van der Waals surface area contributed by atoms with Crippen LogP contribution in [0.1, 0.15) is 47.0 Å². The molecule has 1 fully saturated rings. The molecule has 0 bridgehead atoms. The molecule has 0 aromatic heterocycles. The smallest absolute Gasteiger partial charge is 0.0627 e. The number of aliphatic hydroxyl groups excluding tert-OH is 1. The summed E-state index contributed by atoms with van der Waals surface area (Å²) in [7, 11) is 0. The van der Waals surface area contributed by atoms with Gasteiger partial charge in [-0.25, -0.2) is 0 Å². The Labute approximate surface area is 93.6 Å². The Balaban J connectivity index is 2.25. The molecule has 0 spiro atoms. The van der Waals surface area contributed by atoms with Crippen LogP contribution in [0.3, 0.4) is 0 Å². The summed E-state index contributed by atoms with van der Waals surface area (Å²) in [4.78, 5) is 0. The zero-order valence-corrected chi connectivity index (χ0v) is 10.5. The molecule has 86 valence electrons. The Morgan fingerprint density at radius 3 is 2.73 bits per heavy atom. The van der Waals surface area contributed by atoms with Crippen LogP contribution in [0, 0.1) is 23.2 Å². The lowest BCUT2D eigenvalue weighted by molar-refractivity contribution is -0.0755. The van der Waals surface area contributed by atoms with Crippen molar-refractivity contribution in [3.05, 3.63) is 11.6 Å². The number of aliphatic hydroxyl groups is 1. The maximum absolute atomic E-state index is 10.5. The molecule has 4 atom stereocenters. The number of rotatable bonds is 0. The average molecular weight is 208 g/mol. The van der Waals surface area contributed by atoms with Gasteiger partial charge in [0.15, 0.2) is 0 Å². The summed E-state index contributed by atoms with van der Waals surface area (Å²) >= 11 is 0. The van der Waals surface area contributed by atoms with Crippen molar-refractivity contribution < 1.29 is 5.11 Å². The van der Waals surface area contributed by atoms with Crippen molar-refractivity contribution >= 4 is 0 Å². The third-order valence-electron chi connectivity index (χ3n) is 4.61. The van der Waals surface area contributed by atoms with E-state index in [4.69, 9.17) is 0 Å². The lowest BCUT2D eigenvalue weighted by Crippen LogP contribution is -2.47. The fraction of sp³-hybridized carbons (Fsp3) is 0.857. The van der Waals surface area contributed by atoms with Gasteiger partial charge < -0.3 is 5.11 Å². The number of hydrogen-bond donors (Lipinski definition) is 1. The highest BCUT2D eigenvalue weighted by molar-refractivity contribution is 5.12. The predicted molar refractivity (Wildman–Crippen MR) is 63.5 cm³/mol. The average Bonchev–Trinajstić information content (AvgIpc) is 2.11. The first kappa shape index (κ1) is 11.2. The monoisotopic (exact) mass is 208 g/mol. The van der Waals surface area contributed by atoms with Crippen LogP contribution in [0.2, 0.25) is 0 Å². The highest BCUT2D eigenvalue weighted by Crippen LogP contribution is 2.49. The lowest BCUT2D eigenvalue weighted by atomic mass is 9.58. The Kier molecular flexibility index (Phi) is 2.70. The molecule has 2 rings (SSSR count). The van der Waals surface area contributed by atoms with E-state index in [2.05, 4.69) is 33.8 Å². The molecular formula is C14H24O. The van der Waals surface area contributed by atoms with Crippen molar-refractivity contribution in [2.45, 2.75) is 53.1 Å². The molecule has 0 radical (unpaired) electrons. The molecule has 0 aromatic carbocycles. The molecule has 0 saturated heterocycles. The van der Waals surface area contributed by atoms with Gasteiger partial charge in [0.25, 0.3) is 0 Å². The van der Waals surface area contributed by atoms with E-state index in [1.165, 1.54) is 24.8 Å². The van der Waals surface area contributed by atoms with Gasteiger partial charge in [0.2, 0.25) is 0 Å². The molecule has 2 aliphatic rings. The minimum atomic E-state index is -0.115. The molecule has 1 saturated carbocycles. The Morgan fingerprint density at radius 1 is 1.40 bits per heavy atom. The first-order valence-electron chi connectivity index (χ1n) is 6.27. The van der Waals surface area contributed by atoms with E-state index in [0.717, 1.165) is 5.92 Å². The van der Waals surface area contributed by atoms with Crippen LogP contribution in [0.15, 0.2) is 11.6 Å². The summed E-state index contributed by atoms with van der Waals surface area (Å²) in [6, 6.07) is 0. The van der Waals surface area contributed by atoms with Crippen molar-refractivity contribution in [1.29, 1.82) is 0 Å². The molecule has 0 aromatic rings. The molecule has 1 N–H and O–H groups in total. The van der Waals surface area contributed by atoms with E-state index in [9.17, 15) is 5.11 Å². The highest BCUT2D eigenvalue weighted by atomic mass is 16.3. The molecule has 0 heterocycles. The molecule has 15 heavy (non-hydrogen) atoms. The van der Waals surface area contributed by atoms with E-state index >= 15 is 0 Å². The largest absolute Gasteiger partial charge is 0.392 e. The maximum atomic E-state index is 10.5. The van der Waals surface area contributed by atoms with Crippen LogP contribution in [-0.4, -0.2) is 11.2 Å². The van der Waals surface area contributed by atoms with Crippen LogP contribution >= 0.6 is 0 Å². The van der Waals surface area contributed by atoms with Crippen LogP contribution in [-0.2, 0) is 0 Å². The third kappa shape index (κ3) is 1.87. The standard InChI is InChI=1S/C14H24O/c1-9-7-10(2)12-11(8-9)5-6-14(3,4)13(12)15/h7,10-13,15H,5-6,8H2,1-4H3/t10-,11+,12-,13-/m0/s1. The van der Waals surface area contributed by atoms with Crippen LogP contribution < -0.4 is 0 Å². The number of allylic oxidation sites excluding steroid dienone is 2. The second kappa shape index (κ2) is 3.62. The van der Waals surface area contributed by atoms with Gasteiger partial charge in [-0.15, -0.1) is 0 Å². The molecular weight excluding hydrogens is 184 g/mol. The SMILES string of the molecule is CC1=C[C@H](C)[C@H]2[C@H](CCC(C)(C)[C@H]2O)C1. The Morgan fingerprint density at radius 2 is 2.07 bits per heavy atom. The second-order valence-electron chi connectivity index (χ2n) is 6.39. The van der Waals surface area contributed by atoms with Gasteiger partial charge in [-0.05, 0) is 49.4 Å². The highest BCUT2D eigenvalue weighted by Gasteiger charge is 2.45. The van der Waals surface area contributed by atoms with Crippen molar-refractivity contribution in [1.82, 2.24) is 0 Å². The van der Waals surface area contributed by atoms with Crippen molar-refractivity contribution in [3.8, 4) is 0 Å². The molecule has 1 heteroatoms. The molecule has 1 nitrogen and oxygen atoms in total. The van der Waals surface area contributed by atoms with Gasteiger partial charge in [0.1, 0.15) is 0 Å². The lowest BCUT2D eigenvalue weighted by Gasteiger charge is -2.49. The van der Waals surface area contributed by atoms with Crippen LogP contribution in [0.25, 0.3) is 0 Å². The molecule has 2 aliphatic carbocycles. The minimum absolute atomic E-state index is 0.115. The minimum Gasteiger partial charge on any atom is -0.392 e. The number of hydrogen-bond acceptors (Lipinski definition) is 1. The van der Waals surface area contributed by atoms with E-state index < -0.39 is 0 Å². The van der Waals surface area contributed by atoms with Gasteiger partial charge in [0.05, 0.1) is 6.10 Å². The van der Waals surface area contributed by atoms with Gasteiger partial charge in [0, 0.05) is 0 Å². The normalized spacial score (nSPS) is 44.5. The summed E-state index contributed by atoms with van der Waals surface area (Å²) in [5, 5.41) is 10.5. The van der Waals surface area contributed by atoms with E-state index in [1.54, 1.807) is 0 Å². The Hall–Kier alpha value is -0.300. The first-order valence-corrected chi connectivity index (χ1v) is 6.27. The number of fused-ring (bicyclic) bond motifs is 1. The summed E-state index contributed by atoms with van der Waals surface area (Å²) in [5.74, 6) is 1.78. The predicted octanol–water partition coefficient (Wildman–Crippen LogP) is 3.39. The molecule has 0 unspecified atom stereocenters. The fourth-order valence-electron chi connectivity index (χ4n) is 3.67. The zero-order chi connectivity index (χ0) is 11.2. The molecule has 0 amide bonds. The summed E-state index contributed by atoms with van der Waals surface area (Å²) in [5.41, 5.74) is 1.64. The van der Waals surface area contributed by atoms with Crippen molar-refractivity contribution in [2.75, 3.05) is 0 Å². The van der Waals surface area contributed by atoms with E-state index in [-0.39, 0.29) is 11.5 Å². The van der Waals surface area contributed by atoms with Gasteiger partial charge in [-0.3, -0.25) is 0 Å². The topological polar surface area (TPSA) is 20.2 Å². The quantitative estimate of drug-likeness (QED) is 0.605. The summed E-state index contributed by atoms with van der Waals surface area (Å²) < 4.78 is 0. The second-order valence-corrected chi connectivity index (χ2v) is 6.39. The summed E-state index contributed by atoms with van der Waals surface area (Å²) in [6.07, 6.45) is 5.93. The fourth-order valence-corrected chi connectivity index (χ4v) is 3.67. The zero-order valence-electron chi connectivity index (χ0n) is 10.5. The first-order chi connectivity index (χ1) is 6.92. The van der Waals surface area contributed by atoms with Gasteiger partial charge in [-0.2, -0.15) is 0 Å². The Bertz CT molecular complexity index is 277. The van der Waals surface area contributed by atoms with E-state index in [1.807, 2.05) is 0 Å². The van der Waals surface area contributed by atoms with Crippen LogP contribution in [0.4, 0.5) is 0 Å². The van der Waals surface area contributed by atoms with Crippen molar-refractivity contribution in [3.63, 3.8) is 0 Å². The van der Waals surface area contributed by atoms with Crippen LogP contribution in [0.5, 0.6) is 0 Å². The third-order valence-corrected chi connectivity index (χ3v) is 4.61. The summed E-state index contributed by atoms with van der Waals surface area (Å²) in [6.45, 7) is 8.93. The molecule has 0 aliphatic heterocycles. The van der Waals surface area contributed by atoms with Gasteiger partial charge in [-0.1, -0.05) is 32.4 Å².